The molecule has 3 aliphatic carbocycles. The van der Waals surface area contributed by atoms with E-state index in [-0.39, 0.29) is 24.4 Å². The number of benzene rings is 1. The molecule has 0 amide bonds. The Morgan fingerprint density at radius 3 is 2.20 bits per heavy atom. The fourth-order valence-electron chi connectivity index (χ4n) is 9.61. The summed E-state index contributed by atoms with van der Waals surface area (Å²) in [5.41, 5.74) is -4.18. The molecular weight excluding hydrogens is 604 g/mol. The van der Waals surface area contributed by atoms with Gasteiger partial charge in [0.2, 0.25) is 0 Å². The van der Waals surface area contributed by atoms with Gasteiger partial charge in [-0.05, 0) is 55.3 Å². The molecule has 5 rings (SSSR count). The molecule has 0 spiro atoms. The minimum atomic E-state index is -2.34. The van der Waals surface area contributed by atoms with Gasteiger partial charge in [0.25, 0.3) is 0 Å². The standard InChI is InChI=1S/C36H52O9Si/c1-10-46(11-2,12-3)45-26-18-27-35(20-42-27,44-23(6)37)29-31(43-32(40)24-16-14-13-15-17-24)36(41)19-25(38)21(4)28(33(36,7)8)22(5)30(39)34(26,29)9/h13-17,22,25-27,29,31,38,41H,10-12,18-20H2,1-9H3/t22-,25+,26+,27-,29+,31+,34-,35+,36-/m1/s1. The van der Waals surface area contributed by atoms with E-state index in [1.165, 1.54) is 6.92 Å². The largest absolute Gasteiger partial charge is 0.455 e. The Balaban J connectivity index is 1.84. The van der Waals surface area contributed by atoms with E-state index in [4.69, 9.17) is 18.6 Å². The number of fused-ring (bicyclic) bond motifs is 5. The SMILES string of the molecule is CC[Si](CC)(CC)O[C@H]1C[C@H]2OC[C@@]2(OC(C)=O)[C@H]2[C@H](OC(=O)c3ccccc3)[C@]3(O)C[C@H](O)C(C)=C([C@@H](C)C(=O)[C@]12C)C3(C)C. The van der Waals surface area contributed by atoms with Crippen molar-refractivity contribution < 1.29 is 43.2 Å². The van der Waals surface area contributed by atoms with Crippen molar-refractivity contribution in [1.82, 2.24) is 0 Å². The Morgan fingerprint density at radius 1 is 1.07 bits per heavy atom. The Morgan fingerprint density at radius 2 is 1.67 bits per heavy atom. The highest BCUT2D eigenvalue weighted by atomic mass is 28.4. The lowest BCUT2D eigenvalue weighted by molar-refractivity contribution is -0.344. The summed E-state index contributed by atoms with van der Waals surface area (Å²) in [4.78, 5) is 42.3. The first-order valence-electron chi connectivity index (χ1n) is 16.9. The average Bonchev–Trinajstić information content (AvgIpc) is 3.01. The molecule has 2 N–H and O–H groups in total. The van der Waals surface area contributed by atoms with E-state index in [0.717, 1.165) is 18.1 Å². The van der Waals surface area contributed by atoms with Gasteiger partial charge in [-0.1, -0.05) is 59.7 Å². The molecular formula is C36H52O9Si. The van der Waals surface area contributed by atoms with Gasteiger partial charge in [0.05, 0.1) is 35.7 Å². The summed E-state index contributed by atoms with van der Waals surface area (Å²) in [5, 5.41) is 24.6. The molecule has 9 nitrogen and oxygen atoms in total. The monoisotopic (exact) mass is 656 g/mol. The van der Waals surface area contributed by atoms with E-state index >= 15 is 4.79 Å². The molecule has 0 unspecified atom stereocenters. The second kappa shape index (κ2) is 11.9. The molecule has 254 valence electrons. The Labute approximate surface area is 274 Å². The van der Waals surface area contributed by atoms with E-state index in [2.05, 4.69) is 20.8 Å². The van der Waals surface area contributed by atoms with Crippen LogP contribution in [-0.4, -0.2) is 78.5 Å². The smallest absolute Gasteiger partial charge is 0.338 e. The van der Waals surface area contributed by atoms with Crippen LogP contribution >= 0.6 is 0 Å². The number of ether oxygens (including phenoxy) is 3. The summed E-state index contributed by atoms with van der Waals surface area (Å²) in [6.07, 6.45) is -3.58. The van der Waals surface area contributed by atoms with Crippen LogP contribution in [0.15, 0.2) is 41.5 Å². The molecule has 4 aliphatic rings. The van der Waals surface area contributed by atoms with Crippen LogP contribution in [0.5, 0.6) is 0 Å². The highest BCUT2D eigenvalue weighted by Crippen LogP contribution is 2.65. The van der Waals surface area contributed by atoms with E-state index in [9.17, 15) is 19.8 Å². The number of aliphatic hydroxyl groups is 2. The number of hydrogen-bond acceptors (Lipinski definition) is 9. The summed E-state index contributed by atoms with van der Waals surface area (Å²) in [5.74, 6) is -3.15. The van der Waals surface area contributed by atoms with E-state index in [1.807, 2.05) is 34.6 Å². The van der Waals surface area contributed by atoms with Crippen LogP contribution < -0.4 is 0 Å². The normalized spacial score (nSPS) is 38.5. The maximum absolute atomic E-state index is 15.4. The zero-order chi connectivity index (χ0) is 34.0. The second-order valence-corrected chi connectivity index (χ2v) is 19.6. The van der Waals surface area contributed by atoms with Crippen LogP contribution in [0.25, 0.3) is 0 Å². The third-order valence-electron chi connectivity index (χ3n) is 12.5. The van der Waals surface area contributed by atoms with Gasteiger partial charge in [-0.15, -0.1) is 0 Å². The minimum absolute atomic E-state index is 0.0238. The molecule has 1 aliphatic heterocycles. The maximum Gasteiger partial charge on any atom is 0.338 e. The third-order valence-corrected chi connectivity index (χ3v) is 17.2. The average molecular weight is 657 g/mol. The predicted molar refractivity (Wildman–Crippen MR) is 174 cm³/mol. The van der Waals surface area contributed by atoms with Crippen molar-refractivity contribution >= 4 is 26.0 Å². The summed E-state index contributed by atoms with van der Waals surface area (Å²) >= 11 is 0. The van der Waals surface area contributed by atoms with Crippen molar-refractivity contribution in [3.05, 3.63) is 47.0 Å². The Kier molecular flexibility index (Phi) is 9.08. The van der Waals surface area contributed by atoms with Crippen molar-refractivity contribution in [1.29, 1.82) is 0 Å². The van der Waals surface area contributed by atoms with Gasteiger partial charge in [0, 0.05) is 31.1 Å². The van der Waals surface area contributed by atoms with Crippen LogP contribution in [0.4, 0.5) is 0 Å². The molecule has 1 aromatic rings. The lowest BCUT2D eigenvalue weighted by atomic mass is 9.43. The van der Waals surface area contributed by atoms with Crippen molar-refractivity contribution in [3.63, 3.8) is 0 Å². The van der Waals surface area contributed by atoms with Gasteiger partial charge >= 0.3 is 11.9 Å². The van der Waals surface area contributed by atoms with E-state index < -0.39 is 78.5 Å². The molecule has 0 radical (unpaired) electrons. The summed E-state index contributed by atoms with van der Waals surface area (Å²) in [6.45, 7) is 16.9. The first-order valence-corrected chi connectivity index (χ1v) is 19.4. The second-order valence-electron chi connectivity index (χ2n) is 14.8. The number of rotatable bonds is 8. The maximum atomic E-state index is 15.4. The summed E-state index contributed by atoms with van der Waals surface area (Å²) < 4.78 is 26.1. The molecule has 0 aromatic heterocycles. The fraction of sp³-hybridized carbons (Fsp3) is 0.694. The van der Waals surface area contributed by atoms with Crippen LogP contribution in [0, 0.1) is 22.7 Å². The first-order chi connectivity index (χ1) is 21.5. The minimum Gasteiger partial charge on any atom is -0.455 e. The van der Waals surface area contributed by atoms with Gasteiger partial charge in [0.1, 0.15) is 23.6 Å². The van der Waals surface area contributed by atoms with Gasteiger partial charge in [-0.25, -0.2) is 4.79 Å². The molecule has 9 atom stereocenters. The molecule has 1 aromatic carbocycles. The highest BCUT2D eigenvalue weighted by molar-refractivity contribution is 6.73. The van der Waals surface area contributed by atoms with Crippen LogP contribution in [0.3, 0.4) is 0 Å². The van der Waals surface area contributed by atoms with Crippen molar-refractivity contribution in [3.8, 4) is 0 Å². The summed E-state index contributed by atoms with van der Waals surface area (Å²) in [7, 11) is -2.34. The number of carbonyl (C=O) groups is 3. The zero-order valence-electron chi connectivity index (χ0n) is 28.8. The summed E-state index contributed by atoms with van der Waals surface area (Å²) in [6, 6.07) is 11.0. The Bertz CT molecular complexity index is 1390. The molecule has 46 heavy (non-hydrogen) atoms. The van der Waals surface area contributed by atoms with Crippen LogP contribution in [0.1, 0.15) is 85.5 Å². The fourth-order valence-corrected chi connectivity index (χ4v) is 12.6. The Hall–Kier alpha value is -2.37. The van der Waals surface area contributed by atoms with Gasteiger partial charge in [0.15, 0.2) is 13.9 Å². The number of aliphatic hydroxyl groups excluding tert-OH is 1. The zero-order valence-corrected chi connectivity index (χ0v) is 29.8. The highest BCUT2D eigenvalue weighted by Gasteiger charge is 2.78. The van der Waals surface area contributed by atoms with Crippen molar-refractivity contribution in [2.24, 2.45) is 22.7 Å². The number of carbonyl (C=O) groups excluding carboxylic acids is 3. The van der Waals surface area contributed by atoms with Gasteiger partial charge < -0.3 is 28.8 Å². The molecule has 1 saturated heterocycles. The van der Waals surface area contributed by atoms with E-state index in [0.29, 0.717) is 17.6 Å². The lowest BCUT2D eigenvalue weighted by Crippen LogP contribution is -2.81. The number of esters is 2. The van der Waals surface area contributed by atoms with Crippen LogP contribution in [-0.2, 0) is 28.2 Å². The quantitative estimate of drug-likeness (QED) is 0.215. The molecule has 1 heterocycles. The number of hydrogen-bond donors (Lipinski definition) is 2. The molecule has 2 bridgehead atoms. The number of ketones is 1. The molecule has 2 saturated carbocycles. The predicted octanol–water partition coefficient (Wildman–Crippen LogP) is 5.39. The molecule has 10 heteroatoms. The van der Waals surface area contributed by atoms with Crippen LogP contribution in [0.2, 0.25) is 18.1 Å². The molecule has 3 fully saturated rings. The topological polar surface area (TPSA) is 129 Å². The van der Waals surface area contributed by atoms with Crippen molar-refractivity contribution in [2.45, 2.75) is 129 Å². The van der Waals surface area contributed by atoms with Gasteiger partial charge in [-0.3, -0.25) is 9.59 Å². The van der Waals surface area contributed by atoms with E-state index in [1.54, 1.807) is 30.3 Å². The van der Waals surface area contributed by atoms with Gasteiger partial charge in [-0.2, -0.15) is 0 Å². The lowest BCUT2D eigenvalue weighted by Gasteiger charge is -2.68. The van der Waals surface area contributed by atoms with Crippen molar-refractivity contribution in [2.75, 3.05) is 6.61 Å². The number of Topliss-reactive ketones (excluding diaryl/α,β-unsaturated/α-hetero) is 1. The third kappa shape index (κ3) is 4.88. The first kappa shape index (κ1) is 34.9.